The predicted molar refractivity (Wildman–Crippen MR) is 136 cm³/mol. The number of esters is 1. The molecule has 3 aromatic rings. The van der Waals surface area contributed by atoms with Crippen LogP contribution in [0.1, 0.15) is 35.4 Å². The molecular weight excluding hydrogens is 468 g/mol. The van der Waals surface area contributed by atoms with Crippen molar-refractivity contribution < 1.29 is 9.53 Å². The van der Waals surface area contributed by atoms with E-state index in [0.29, 0.717) is 11.0 Å². The molecule has 6 nitrogen and oxygen atoms in total. The van der Waals surface area contributed by atoms with Gasteiger partial charge < -0.3 is 4.74 Å². The molecule has 1 aliphatic carbocycles. The molecule has 1 aromatic heterocycles. The van der Waals surface area contributed by atoms with Crippen molar-refractivity contribution in [1.82, 2.24) is 4.90 Å². The molecule has 3 heterocycles. The maximum atomic E-state index is 13.1. The smallest absolute Gasteiger partial charge is 0.376 e. The summed E-state index contributed by atoms with van der Waals surface area (Å²) >= 11 is 7.81. The van der Waals surface area contributed by atoms with Gasteiger partial charge in [0.1, 0.15) is 0 Å². The van der Waals surface area contributed by atoms with Gasteiger partial charge in [-0.05, 0) is 66.6 Å². The molecule has 0 amide bonds. The number of aryl methyl sites for hydroxylation is 1. The molecule has 0 unspecified atom stereocenters. The zero-order chi connectivity index (χ0) is 23.2. The number of halogens is 1. The van der Waals surface area contributed by atoms with E-state index in [1.165, 1.54) is 11.1 Å². The van der Waals surface area contributed by atoms with Crippen molar-refractivity contribution >= 4 is 52.1 Å². The third kappa shape index (κ3) is 3.35. The number of thiophene rings is 1. The number of guanidine groups is 1. The van der Waals surface area contributed by atoms with Crippen molar-refractivity contribution in [3.63, 3.8) is 0 Å². The van der Waals surface area contributed by atoms with E-state index < -0.39 is 5.97 Å². The number of carbonyl (C=O) groups excluding carboxylic acids is 1. The van der Waals surface area contributed by atoms with Crippen LogP contribution >= 0.6 is 22.9 Å². The van der Waals surface area contributed by atoms with E-state index in [2.05, 4.69) is 29.6 Å². The normalized spacial score (nSPS) is 18.7. The van der Waals surface area contributed by atoms with E-state index in [-0.39, 0.29) is 18.5 Å². The topological polar surface area (TPSA) is 57.5 Å². The zero-order valence-electron chi connectivity index (χ0n) is 18.4. The van der Waals surface area contributed by atoms with Crippen LogP contribution in [0.25, 0.3) is 5.70 Å². The number of benzene rings is 2. The van der Waals surface area contributed by atoms with Crippen LogP contribution in [-0.4, -0.2) is 29.3 Å². The molecule has 0 saturated carbocycles. The number of aliphatic imine (C=N–C) groups is 1. The second-order valence-electron chi connectivity index (χ2n) is 8.16. The summed E-state index contributed by atoms with van der Waals surface area (Å²) in [5.74, 6) is 0.354. The van der Waals surface area contributed by atoms with Gasteiger partial charge in [-0.1, -0.05) is 41.9 Å². The first-order valence-corrected chi connectivity index (χ1v) is 12.5. The van der Waals surface area contributed by atoms with Crippen LogP contribution in [0.4, 0.5) is 5.69 Å². The highest BCUT2D eigenvalue weighted by molar-refractivity contribution is 7.10. The molecule has 0 spiro atoms. The highest BCUT2D eigenvalue weighted by atomic mass is 35.5. The largest absolute Gasteiger partial charge is 0.460 e. The van der Waals surface area contributed by atoms with Crippen LogP contribution in [0.3, 0.4) is 0 Å². The van der Waals surface area contributed by atoms with Gasteiger partial charge in [-0.3, -0.25) is 4.90 Å². The number of fused-ring (bicyclic) bond motifs is 3. The number of hydrazone groups is 1. The van der Waals surface area contributed by atoms with Gasteiger partial charge >= 0.3 is 5.97 Å². The summed E-state index contributed by atoms with van der Waals surface area (Å²) in [6, 6.07) is 19.7. The molecule has 8 heteroatoms. The molecule has 0 bridgehead atoms. The van der Waals surface area contributed by atoms with Gasteiger partial charge in [-0.25, -0.2) is 9.79 Å². The number of hydrogen-bond donors (Lipinski definition) is 0. The molecule has 34 heavy (non-hydrogen) atoms. The summed E-state index contributed by atoms with van der Waals surface area (Å²) in [5.41, 5.74) is 5.35. The van der Waals surface area contributed by atoms with E-state index in [1.54, 1.807) is 35.4 Å². The first-order valence-electron chi connectivity index (χ1n) is 11.2. The number of rotatable bonds is 4. The second kappa shape index (κ2) is 8.42. The van der Waals surface area contributed by atoms with Crippen molar-refractivity contribution in [1.29, 1.82) is 0 Å². The van der Waals surface area contributed by atoms with Gasteiger partial charge in [0, 0.05) is 15.5 Å². The molecule has 170 valence electrons. The molecule has 2 aromatic carbocycles. The molecule has 6 rings (SSSR count). The molecule has 2 aliphatic heterocycles. The summed E-state index contributed by atoms with van der Waals surface area (Å²) in [4.78, 5) is 21.3. The van der Waals surface area contributed by atoms with E-state index in [9.17, 15) is 4.79 Å². The quantitative estimate of drug-likeness (QED) is 0.431. The Morgan fingerprint density at radius 1 is 1.12 bits per heavy atom. The van der Waals surface area contributed by atoms with Crippen LogP contribution < -0.4 is 5.01 Å². The Morgan fingerprint density at radius 2 is 1.94 bits per heavy atom. The van der Waals surface area contributed by atoms with Crippen LogP contribution in [-0.2, 0) is 16.0 Å². The average Bonchev–Trinajstić information content (AvgIpc) is 3.52. The Balaban J connectivity index is 1.58. The minimum atomic E-state index is -0.464. The third-order valence-corrected chi connectivity index (χ3v) is 7.39. The maximum absolute atomic E-state index is 13.1. The van der Waals surface area contributed by atoms with Crippen molar-refractivity contribution in [2.24, 2.45) is 10.1 Å². The molecule has 0 fully saturated rings. The SMILES string of the molecule is CCOC(=O)C1=NN(c2ccc(Cl)cc2)C2=NC3=C(CCc4ccccc43)[C@@H](c3cccs3)N12. The molecule has 0 radical (unpaired) electrons. The lowest BCUT2D eigenvalue weighted by molar-refractivity contribution is -0.135. The number of anilines is 1. The number of amidine groups is 1. The predicted octanol–water partition coefficient (Wildman–Crippen LogP) is 5.87. The standard InChI is InChI=1S/C26H21ClN4O2S/c1-2-33-25(32)24-29-31(18-12-10-17(27)11-13-18)26-28-22-19-7-4-3-6-16(19)9-14-20(22)23(30(24)26)21-8-5-15-34-21/h3-8,10-13,15,23H,2,9,14H2,1H3/t23-/m0/s1. The van der Waals surface area contributed by atoms with Gasteiger partial charge in [0.25, 0.3) is 0 Å². The van der Waals surface area contributed by atoms with Gasteiger partial charge in [-0.15, -0.1) is 16.4 Å². The Bertz CT molecular complexity index is 1360. The second-order valence-corrected chi connectivity index (χ2v) is 9.58. The fourth-order valence-corrected chi connectivity index (χ4v) is 5.72. The number of ether oxygens (including phenoxy) is 1. The minimum Gasteiger partial charge on any atom is -0.460 e. The minimum absolute atomic E-state index is 0.184. The Morgan fingerprint density at radius 3 is 2.71 bits per heavy atom. The Hall–Kier alpha value is -3.42. The average molecular weight is 489 g/mol. The van der Waals surface area contributed by atoms with Crippen molar-refractivity contribution in [3.05, 3.63) is 92.6 Å². The van der Waals surface area contributed by atoms with Gasteiger partial charge in [-0.2, -0.15) is 5.01 Å². The maximum Gasteiger partial charge on any atom is 0.376 e. The highest BCUT2D eigenvalue weighted by Crippen LogP contribution is 2.47. The van der Waals surface area contributed by atoms with Crippen LogP contribution in [0.15, 0.2) is 81.7 Å². The molecule has 0 N–H and O–H groups in total. The van der Waals surface area contributed by atoms with Crippen molar-refractivity contribution in [2.75, 3.05) is 11.6 Å². The summed E-state index contributed by atoms with van der Waals surface area (Å²) in [6.07, 6.45) is 1.79. The van der Waals surface area contributed by atoms with Crippen molar-refractivity contribution in [3.8, 4) is 0 Å². The lowest BCUT2D eigenvalue weighted by Crippen LogP contribution is -2.46. The van der Waals surface area contributed by atoms with Gasteiger partial charge in [0.2, 0.25) is 11.8 Å². The monoisotopic (exact) mass is 488 g/mol. The molecule has 1 atom stereocenters. The first-order chi connectivity index (χ1) is 16.7. The van der Waals surface area contributed by atoms with Crippen LogP contribution in [0.5, 0.6) is 0 Å². The lowest BCUT2D eigenvalue weighted by atomic mass is 9.84. The number of hydrogen-bond acceptors (Lipinski definition) is 7. The lowest BCUT2D eigenvalue weighted by Gasteiger charge is -2.38. The van der Waals surface area contributed by atoms with Crippen LogP contribution in [0.2, 0.25) is 5.02 Å². The molecular formula is C26H21ClN4O2S. The summed E-state index contributed by atoms with van der Waals surface area (Å²) in [5, 5.41) is 9.13. The first kappa shape index (κ1) is 21.1. The van der Waals surface area contributed by atoms with E-state index >= 15 is 0 Å². The fraction of sp³-hybridized carbons (Fsp3) is 0.192. The molecule has 0 saturated heterocycles. The van der Waals surface area contributed by atoms with Gasteiger partial charge in [0.05, 0.1) is 24.0 Å². The summed E-state index contributed by atoms with van der Waals surface area (Å²) in [7, 11) is 0. The zero-order valence-corrected chi connectivity index (χ0v) is 20.0. The van der Waals surface area contributed by atoms with E-state index in [4.69, 9.17) is 26.4 Å². The Kier molecular flexibility index (Phi) is 5.23. The number of carbonyl (C=O) groups is 1. The fourth-order valence-electron chi connectivity index (χ4n) is 4.74. The summed E-state index contributed by atoms with van der Waals surface area (Å²) < 4.78 is 5.41. The van der Waals surface area contributed by atoms with Gasteiger partial charge in [0.15, 0.2) is 0 Å². The highest BCUT2D eigenvalue weighted by Gasteiger charge is 2.47. The summed E-state index contributed by atoms with van der Waals surface area (Å²) in [6.45, 7) is 2.06. The number of nitrogens with zero attached hydrogens (tertiary/aromatic N) is 4. The Labute approximate surface area is 206 Å². The third-order valence-electron chi connectivity index (χ3n) is 6.21. The van der Waals surface area contributed by atoms with E-state index in [1.807, 2.05) is 29.2 Å². The van der Waals surface area contributed by atoms with E-state index in [0.717, 1.165) is 34.7 Å². The van der Waals surface area contributed by atoms with Crippen LogP contribution in [0, 0.1) is 0 Å². The molecule has 3 aliphatic rings. The van der Waals surface area contributed by atoms with Crippen molar-refractivity contribution in [2.45, 2.75) is 25.8 Å².